The number of carbonyl (C=O) groups is 1. The maximum absolute atomic E-state index is 10.2. The largest absolute Gasteiger partial charge is 0.480 e. The van der Waals surface area contributed by atoms with E-state index in [2.05, 4.69) is 21.9 Å². The van der Waals surface area contributed by atoms with E-state index in [-0.39, 0.29) is 26.9 Å². The molecule has 26 heavy (non-hydrogen) atoms. The van der Waals surface area contributed by atoms with E-state index in [1.54, 1.807) is 0 Å². The van der Waals surface area contributed by atoms with Crippen molar-refractivity contribution in [3.8, 4) is 0 Å². The van der Waals surface area contributed by atoms with Crippen LogP contribution in [0.5, 0.6) is 0 Å². The van der Waals surface area contributed by atoms with Crippen LogP contribution in [0.15, 0.2) is 30.3 Å². The molecule has 1 atom stereocenters. The Morgan fingerprint density at radius 3 is 2.50 bits per heavy atom. The highest BCUT2D eigenvalue weighted by Crippen LogP contribution is 2.03. The summed E-state index contributed by atoms with van der Waals surface area (Å²) >= 11 is 0. The van der Waals surface area contributed by atoms with Crippen molar-refractivity contribution in [3.05, 3.63) is 35.9 Å². The van der Waals surface area contributed by atoms with Crippen molar-refractivity contribution >= 4 is 5.97 Å². The van der Waals surface area contributed by atoms with Crippen molar-refractivity contribution in [2.24, 2.45) is 5.73 Å². The van der Waals surface area contributed by atoms with E-state index in [4.69, 9.17) is 34.9 Å². The van der Waals surface area contributed by atoms with E-state index in [1.165, 1.54) is 0 Å². The van der Waals surface area contributed by atoms with Gasteiger partial charge >= 0.3 is 5.97 Å². The van der Waals surface area contributed by atoms with Gasteiger partial charge in [0.2, 0.25) is 0 Å². The Hall–Kier alpha value is -1.71. The highest BCUT2D eigenvalue weighted by molar-refractivity contribution is 5.67. The predicted molar refractivity (Wildman–Crippen MR) is 88.1 cm³/mol. The number of aliphatic carboxylic acids is 1. The summed E-state index contributed by atoms with van der Waals surface area (Å²) in [5, 5.41) is 8.39. The molecule has 0 saturated carbocycles. The molecule has 148 valence electrons. The van der Waals surface area contributed by atoms with Crippen molar-refractivity contribution in [3.63, 3.8) is 0 Å². The third-order valence-electron chi connectivity index (χ3n) is 2.64. The molecule has 1 rings (SSSR count). The topological polar surface area (TPSA) is 158 Å². The van der Waals surface area contributed by atoms with Crippen LogP contribution < -0.4 is 27.7 Å². The first kappa shape index (κ1) is 22.3. The van der Waals surface area contributed by atoms with Crippen LogP contribution in [0.1, 0.15) is 5.56 Å². The summed E-state index contributed by atoms with van der Waals surface area (Å²) < 4.78 is 4.72. The summed E-state index contributed by atoms with van der Waals surface area (Å²) in [5.74, 6) is -1.06. The van der Waals surface area contributed by atoms with Gasteiger partial charge in [0.15, 0.2) is 6.23 Å². The average Bonchev–Trinajstić information content (AvgIpc) is 2.64. The quantitative estimate of drug-likeness (QED) is 0.107. The summed E-state index contributed by atoms with van der Waals surface area (Å²) in [4.78, 5) is 30.5. The van der Waals surface area contributed by atoms with Gasteiger partial charge in [0.25, 0.3) is 0 Å². The lowest BCUT2D eigenvalue weighted by molar-refractivity contribution is -0.171. The molecule has 1 aromatic rings. The number of ether oxygens (including phenoxy) is 1. The van der Waals surface area contributed by atoms with Crippen molar-refractivity contribution in [1.82, 2.24) is 21.9 Å². The fourth-order valence-electron chi connectivity index (χ4n) is 1.64. The van der Waals surface area contributed by atoms with E-state index < -0.39 is 18.8 Å². The fraction of sp³-hybridized carbons (Fsp3) is 0.500. The van der Waals surface area contributed by atoms with Gasteiger partial charge in [0.05, 0.1) is 0 Å². The van der Waals surface area contributed by atoms with Gasteiger partial charge in [-0.05, 0) is 5.56 Å². The number of carboxylic acid groups (broad SMARTS) is 1. The van der Waals surface area contributed by atoms with E-state index in [1.807, 2.05) is 30.3 Å². The molecule has 0 aliphatic carbocycles. The molecule has 0 spiro atoms. The monoisotopic (exact) mass is 375 g/mol. The minimum absolute atomic E-state index is 0.0159. The Balaban J connectivity index is 2.20. The van der Waals surface area contributed by atoms with Crippen LogP contribution in [0.2, 0.25) is 0 Å². The van der Waals surface area contributed by atoms with Gasteiger partial charge in [-0.3, -0.25) is 19.4 Å². The van der Waals surface area contributed by atoms with Crippen molar-refractivity contribution in [2.45, 2.75) is 12.6 Å². The molecule has 12 nitrogen and oxygen atoms in total. The lowest BCUT2D eigenvalue weighted by Crippen LogP contribution is -2.41. The zero-order chi connectivity index (χ0) is 18.9. The molecule has 0 aromatic heterocycles. The third-order valence-corrected chi connectivity index (χ3v) is 2.64. The fourth-order valence-corrected chi connectivity index (χ4v) is 1.64. The Bertz CT molecular complexity index is 468. The lowest BCUT2D eigenvalue weighted by Gasteiger charge is -2.19. The number of nitrogens with two attached hydrogens (primary N) is 1. The number of rotatable bonds is 17. The first-order valence-corrected chi connectivity index (χ1v) is 7.71. The normalized spacial score (nSPS) is 12.2. The summed E-state index contributed by atoms with van der Waals surface area (Å²) in [6.45, 7) is -0.420. The Morgan fingerprint density at radius 2 is 1.77 bits per heavy atom. The van der Waals surface area contributed by atoms with Gasteiger partial charge in [-0.2, -0.15) is 21.9 Å². The number of hydrogen-bond acceptors (Lipinski definition) is 11. The zero-order valence-electron chi connectivity index (χ0n) is 14.2. The number of hydrogen-bond donors (Lipinski definition) is 6. The van der Waals surface area contributed by atoms with Crippen LogP contribution in [-0.4, -0.2) is 50.8 Å². The second-order valence-corrected chi connectivity index (χ2v) is 4.62. The molecule has 0 heterocycles. The smallest absolute Gasteiger partial charge is 0.329 e. The first-order valence-electron chi connectivity index (χ1n) is 7.71. The molecular formula is C14H25N5O7. The summed E-state index contributed by atoms with van der Waals surface area (Å²) in [6, 6.07) is 9.65. The SMILES string of the molecule is NCONCON[C@@H](Cc1ccccc1)ONCONCOCC(=O)O. The number of hydroxylamine groups is 4. The highest BCUT2D eigenvalue weighted by Gasteiger charge is 2.10. The molecule has 0 saturated heterocycles. The second kappa shape index (κ2) is 15.5. The molecule has 1 aromatic carbocycles. The van der Waals surface area contributed by atoms with Crippen LogP contribution in [0.3, 0.4) is 0 Å². The predicted octanol–water partition coefficient (Wildman–Crippen LogP) is -1.47. The van der Waals surface area contributed by atoms with Gasteiger partial charge in [-0.15, -0.1) is 0 Å². The number of carboxylic acids is 1. The standard InChI is InChI=1S/C14H25N5O7/c15-8-23-17-10-25-19-13(6-12-4-2-1-3-5-12)26-18-11-24-16-9-22-7-14(20)21/h1-5,13,16-19H,6-11,15H2,(H,20,21)/t13-/m1/s1. The highest BCUT2D eigenvalue weighted by atomic mass is 16.8. The van der Waals surface area contributed by atoms with Crippen LogP contribution in [-0.2, 0) is 35.3 Å². The maximum atomic E-state index is 10.2. The summed E-state index contributed by atoms with van der Waals surface area (Å²) in [6.07, 6.45) is -0.00951. The molecule has 0 radical (unpaired) electrons. The molecule has 12 heteroatoms. The van der Waals surface area contributed by atoms with E-state index in [0.717, 1.165) is 5.56 Å². The molecule has 0 unspecified atom stereocenters. The Labute approximate surface area is 150 Å². The minimum Gasteiger partial charge on any atom is -0.480 e. The van der Waals surface area contributed by atoms with Crippen LogP contribution in [0, 0.1) is 0 Å². The molecule has 0 bridgehead atoms. The van der Waals surface area contributed by atoms with Crippen LogP contribution in [0.4, 0.5) is 0 Å². The number of nitrogens with one attached hydrogen (secondary N) is 4. The minimum atomic E-state index is -1.06. The Kier molecular flexibility index (Phi) is 13.3. The van der Waals surface area contributed by atoms with Gasteiger partial charge in [0.1, 0.15) is 33.5 Å². The molecular weight excluding hydrogens is 350 g/mol. The molecule has 0 aliphatic rings. The molecule has 0 aliphatic heterocycles. The molecule has 0 fully saturated rings. The first-order chi connectivity index (χ1) is 12.7. The summed E-state index contributed by atoms with van der Waals surface area (Å²) in [7, 11) is 0. The maximum Gasteiger partial charge on any atom is 0.329 e. The van der Waals surface area contributed by atoms with Crippen LogP contribution in [0.25, 0.3) is 0 Å². The molecule has 7 N–H and O–H groups in total. The van der Waals surface area contributed by atoms with Crippen LogP contribution >= 0.6 is 0 Å². The van der Waals surface area contributed by atoms with Crippen molar-refractivity contribution in [2.75, 3.05) is 33.5 Å². The number of benzene rings is 1. The van der Waals surface area contributed by atoms with Gasteiger partial charge in [0, 0.05) is 6.42 Å². The van der Waals surface area contributed by atoms with E-state index in [0.29, 0.717) is 6.42 Å². The summed E-state index contributed by atoms with van der Waals surface area (Å²) in [5.41, 5.74) is 16.4. The third kappa shape index (κ3) is 12.6. The van der Waals surface area contributed by atoms with Gasteiger partial charge < -0.3 is 15.6 Å². The average molecular weight is 375 g/mol. The zero-order valence-corrected chi connectivity index (χ0v) is 14.2. The molecule has 0 amide bonds. The Morgan fingerprint density at radius 1 is 1.04 bits per heavy atom. The van der Waals surface area contributed by atoms with Gasteiger partial charge in [-0.25, -0.2) is 4.79 Å². The van der Waals surface area contributed by atoms with Crippen molar-refractivity contribution in [1.29, 1.82) is 0 Å². The van der Waals surface area contributed by atoms with E-state index >= 15 is 0 Å². The second-order valence-electron chi connectivity index (χ2n) is 4.62. The van der Waals surface area contributed by atoms with E-state index in [9.17, 15) is 4.79 Å². The van der Waals surface area contributed by atoms with Gasteiger partial charge in [-0.1, -0.05) is 30.3 Å². The lowest BCUT2D eigenvalue weighted by atomic mass is 10.1. The van der Waals surface area contributed by atoms with Crippen molar-refractivity contribution < 1.29 is 34.0 Å².